The molecule has 0 radical (unpaired) electrons. The topological polar surface area (TPSA) is 46.9 Å². The summed E-state index contributed by atoms with van der Waals surface area (Å²) < 4.78 is 2.33. The van der Waals surface area contributed by atoms with Crippen LogP contribution in [0.4, 0.5) is 5.69 Å². The zero-order chi connectivity index (χ0) is 18.7. The Morgan fingerprint density at radius 1 is 1.23 bits per heavy atom. The van der Waals surface area contributed by atoms with E-state index in [0.29, 0.717) is 6.42 Å². The van der Waals surface area contributed by atoms with Crippen molar-refractivity contribution >= 4 is 22.9 Å². The van der Waals surface area contributed by atoms with Crippen molar-refractivity contribution in [1.82, 2.24) is 9.55 Å². The Morgan fingerprint density at radius 2 is 2.00 bits per heavy atom. The highest BCUT2D eigenvalue weighted by molar-refractivity contribution is 7.10. The van der Waals surface area contributed by atoms with E-state index in [1.807, 2.05) is 31.2 Å². The molecule has 0 aliphatic heterocycles. The van der Waals surface area contributed by atoms with Gasteiger partial charge >= 0.3 is 0 Å². The predicted molar refractivity (Wildman–Crippen MR) is 109 cm³/mol. The standard InChI is InChI=1S/C21H25N3OS/c1-5-10-24-15(3)11-17(16(24)4)19-13-26-21(23-19)12-20(25)22-18-9-7-6-8-14(18)2/h6-9,11,13H,5,10,12H2,1-4H3,(H,22,25). The van der Waals surface area contributed by atoms with Gasteiger partial charge < -0.3 is 9.88 Å². The molecule has 4 nitrogen and oxygen atoms in total. The molecule has 5 heteroatoms. The molecule has 1 amide bonds. The zero-order valence-electron chi connectivity index (χ0n) is 15.8. The summed E-state index contributed by atoms with van der Waals surface area (Å²) in [5.41, 5.74) is 6.54. The summed E-state index contributed by atoms with van der Waals surface area (Å²) in [6.45, 7) is 9.47. The lowest BCUT2D eigenvalue weighted by molar-refractivity contribution is -0.115. The maximum absolute atomic E-state index is 12.3. The van der Waals surface area contributed by atoms with Gasteiger partial charge in [0.25, 0.3) is 0 Å². The van der Waals surface area contributed by atoms with Gasteiger partial charge in [-0.25, -0.2) is 4.98 Å². The van der Waals surface area contributed by atoms with Crippen molar-refractivity contribution in [2.45, 2.75) is 47.1 Å². The van der Waals surface area contributed by atoms with Gasteiger partial charge in [-0.1, -0.05) is 25.1 Å². The second kappa shape index (κ2) is 7.87. The summed E-state index contributed by atoms with van der Waals surface area (Å²) >= 11 is 1.54. The molecule has 3 aromatic rings. The van der Waals surface area contributed by atoms with E-state index in [-0.39, 0.29) is 5.91 Å². The number of benzene rings is 1. The highest BCUT2D eigenvalue weighted by atomic mass is 32.1. The number of carbonyl (C=O) groups excluding carboxylic acids is 1. The van der Waals surface area contributed by atoms with E-state index >= 15 is 0 Å². The first-order chi connectivity index (χ1) is 12.5. The molecule has 0 unspecified atom stereocenters. The van der Waals surface area contributed by atoms with Crippen LogP contribution in [-0.4, -0.2) is 15.5 Å². The number of aryl methyl sites for hydroxylation is 2. The lowest BCUT2D eigenvalue weighted by atomic mass is 10.2. The van der Waals surface area contributed by atoms with Crippen LogP contribution in [0.3, 0.4) is 0 Å². The van der Waals surface area contributed by atoms with E-state index in [1.54, 1.807) is 11.3 Å². The van der Waals surface area contributed by atoms with Gasteiger partial charge in [0.2, 0.25) is 5.91 Å². The van der Waals surface area contributed by atoms with Crippen LogP contribution in [0, 0.1) is 20.8 Å². The summed E-state index contributed by atoms with van der Waals surface area (Å²) in [5.74, 6) is -0.0309. The van der Waals surface area contributed by atoms with Crippen LogP contribution in [0.1, 0.15) is 35.3 Å². The highest BCUT2D eigenvalue weighted by Crippen LogP contribution is 2.28. The molecule has 0 aliphatic rings. The molecule has 0 spiro atoms. The van der Waals surface area contributed by atoms with Gasteiger partial charge in [-0.2, -0.15) is 0 Å². The van der Waals surface area contributed by atoms with E-state index in [9.17, 15) is 4.79 Å². The first-order valence-corrected chi connectivity index (χ1v) is 9.84. The number of amides is 1. The first kappa shape index (κ1) is 18.4. The number of thiazole rings is 1. The summed E-state index contributed by atoms with van der Waals surface area (Å²) in [6, 6.07) is 9.99. The smallest absolute Gasteiger partial charge is 0.231 e. The maximum atomic E-state index is 12.3. The molecule has 2 aromatic heterocycles. The van der Waals surface area contributed by atoms with Gasteiger partial charge in [0.15, 0.2) is 0 Å². The number of rotatable bonds is 6. The minimum absolute atomic E-state index is 0.0309. The van der Waals surface area contributed by atoms with Crippen molar-refractivity contribution < 1.29 is 4.79 Å². The molecule has 136 valence electrons. The number of aromatic nitrogens is 2. The van der Waals surface area contributed by atoms with Gasteiger partial charge in [-0.3, -0.25) is 4.79 Å². The summed E-state index contributed by atoms with van der Waals surface area (Å²) in [5, 5.41) is 5.86. The largest absolute Gasteiger partial charge is 0.348 e. The quantitative estimate of drug-likeness (QED) is 0.657. The SMILES string of the molecule is CCCn1c(C)cc(-c2csc(CC(=O)Nc3ccccc3C)n2)c1C. The second-order valence-corrected chi connectivity index (χ2v) is 7.55. The van der Waals surface area contributed by atoms with Gasteiger partial charge in [0, 0.05) is 34.6 Å². The van der Waals surface area contributed by atoms with E-state index in [4.69, 9.17) is 4.98 Å². The third kappa shape index (κ3) is 3.88. The first-order valence-electron chi connectivity index (χ1n) is 8.96. The number of carbonyl (C=O) groups is 1. The summed E-state index contributed by atoms with van der Waals surface area (Å²) in [6.07, 6.45) is 1.41. The van der Waals surface area contributed by atoms with Crippen LogP contribution in [0.25, 0.3) is 11.3 Å². The molecular formula is C21H25N3OS. The lowest BCUT2D eigenvalue weighted by Crippen LogP contribution is -2.14. The third-order valence-corrected chi connectivity index (χ3v) is 5.43. The monoisotopic (exact) mass is 367 g/mol. The Balaban J connectivity index is 1.73. The van der Waals surface area contributed by atoms with E-state index < -0.39 is 0 Å². The minimum atomic E-state index is -0.0309. The maximum Gasteiger partial charge on any atom is 0.231 e. The Morgan fingerprint density at radius 3 is 2.73 bits per heavy atom. The van der Waals surface area contributed by atoms with Crippen LogP contribution in [0.15, 0.2) is 35.7 Å². The van der Waals surface area contributed by atoms with Crippen molar-refractivity contribution in [3.05, 3.63) is 57.7 Å². The Labute approximate surface area is 158 Å². The molecular weight excluding hydrogens is 342 g/mol. The molecule has 26 heavy (non-hydrogen) atoms. The Kier molecular flexibility index (Phi) is 5.57. The number of hydrogen-bond acceptors (Lipinski definition) is 3. The van der Waals surface area contributed by atoms with Gasteiger partial charge in [-0.15, -0.1) is 11.3 Å². The highest BCUT2D eigenvalue weighted by Gasteiger charge is 2.15. The summed E-state index contributed by atoms with van der Waals surface area (Å²) in [4.78, 5) is 17.0. The predicted octanol–water partition coefficient (Wildman–Crippen LogP) is 5.13. The minimum Gasteiger partial charge on any atom is -0.348 e. The van der Waals surface area contributed by atoms with E-state index in [0.717, 1.165) is 40.5 Å². The van der Waals surface area contributed by atoms with E-state index in [2.05, 4.69) is 42.1 Å². The average molecular weight is 368 g/mol. The van der Waals surface area contributed by atoms with Crippen LogP contribution in [0.5, 0.6) is 0 Å². The molecule has 0 saturated heterocycles. The number of para-hydroxylation sites is 1. The Hall–Kier alpha value is -2.40. The van der Waals surface area contributed by atoms with Crippen LogP contribution in [-0.2, 0) is 17.8 Å². The number of nitrogens with zero attached hydrogens (tertiary/aromatic N) is 2. The summed E-state index contributed by atoms with van der Waals surface area (Å²) in [7, 11) is 0. The third-order valence-electron chi connectivity index (χ3n) is 4.58. The van der Waals surface area contributed by atoms with Crippen molar-refractivity contribution in [1.29, 1.82) is 0 Å². The van der Waals surface area contributed by atoms with Crippen molar-refractivity contribution in [2.75, 3.05) is 5.32 Å². The Bertz CT molecular complexity index is 923. The van der Waals surface area contributed by atoms with Gasteiger partial charge in [0.1, 0.15) is 5.01 Å². The van der Waals surface area contributed by atoms with Crippen molar-refractivity contribution in [3.8, 4) is 11.3 Å². The van der Waals surface area contributed by atoms with Gasteiger partial charge in [0.05, 0.1) is 12.1 Å². The van der Waals surface area contributed by atoms with Crippen molar-refractivity contribution in [2.24, 2.45) is 0 Å². The number of anilines is 1. The molecule has 0 fully saturated rings. The number of hydrogen-bond donors (Lipinski definition) is 1. The van der Waals surface area contributed by atoms with Crippen LogP contribution >= 0.6 is 11.3 Å². The van der Waals surface area contributed by atoms with Crippen LogP contribution < -0.4 is 5.32 Å². The molecule has 3 rings (SSSR count). The van der Waals surface area contributed by atoms with Crippen molar-refractivity contribution in [3.63, 3.8) is 0 Å². The molecule has 1 aromatic carbocycles. The molecule has 0 atom stereocenters. The fraction of sp³-hybridized carbons (Fsp3) is 0.333. The zero-order valence-corrected chi connectivity index (χ0v) is 16.6. The fourth-order valence-electron chi connectivity index (χ4n) is 3.19. The second-order valence-electron chi connectivity index (χ2n) is 6.60. The lowest BCUT2D eigenvalue weighted by Gasteiger charge is -2.07. The molecule has 0 saturated carbocycles. The molecule has 1 N–H and O–H groups in total. The normalized spacial score (nSPS) is 10.9. The molecule has 2 heterocycles. The van der Waals surface area contributed by atoms with Gasteiger partial charge in [-0.05, 0) is 44.9 Å². The number of nitrogens with one attached hydrogen (secondary N) is 1. The molecule has 0 aliphatic carbocycles. The molecule has 0 bridgehead atoms. The van der Waals surface area contributed by atoms with Crippen LogP contribution in [0.2, 0.25) is 0 Å². The van der Waals surface area contributed by atoms with E-state index in [1.165, 1.54) is 11.4 Å². The fourth-order valence-corrected chi connectivity index (χ4v) is 3.98. The average Bonchev–Trinajstić information content (AvgIpc) is 3.16.